The molecule has 7 nitrogen and oxygen atoms in total. The molecule has 0 radical (unpaired) electrons. The first-order chi connectivity index (χ1) is 12.1. The van der Waals surface area contributed by atoms with Crippen LogP contribution in [0.15, 0.2) is 58.8 Å². The summed E-state index contributed by atoms with van der Waals surface area (Å²) in [6.45, 7) is 1.58. The monoisotopic (exact) mass is 342 g/mol. The average Bonchev–Trinajstić information content (AvgIpc) is 3.13. The highest BCUT2D eigenvalue weighted by atomic mass is 16.5. The molecule has 0 bridgehead atoms. The second-order valence-electron chi connectivity index (χ2n) is 4.88. The summed E-state index contributed by atoms with van der Waals surface area (Å²) in [5, 5.41) is 4.92. The van der Waals surface area contributed by atoms with Gasteiger partial charge in [-0.05, 0) is 31.2 Å². The number of rotatable bonds is 7. The van der Waals surface area contributed by atoms with Crippen molar-refractivity contribution in [3.05, 3.63) is 65.7 Å². The van der Waals surface area contributed by atoms with Gasteiger partial charge < -0.3 is 19.8 Å². The third-order valence-electron chi connectivity index (χ3n) is 3.06. The van der Waals surface area contributed by atoms with Crippen molar-refractivity contribution >= 4 is 23.9 Å². The molecule has 1 aromatic carbocycles. The maximum atomic E-state index is 12.3. The molecule has 0 spiro atoms. The summed E-state index contributed by atoms with van der Waals surface area (Å²) in [5.41, 5.74) is 0.346. The number of amides is 2. The second-order valence-corrected chi connectivity index (χ2v) is 4.88. The van der Waals surface area contributed by atoms with E-state index in [0.29, 0.717) is 11.3 Å². The first-order valence-corrected chi connectivity index (χ1v) is 7.65. The van der Waals surface area contributed by atoms with Crippen LogP contribution in [0.4, 0.5) is 0 Å². The number of ether oxygens (including phenoxy) is 1. The molecule has 0 aliphatic carbocycles. The molecule has 0 aliphatic rings. The van der Waals surface area contributed by atoms with E-state index < -0.39 is 17.8 Å². The molecular formula is C18H18N2O5. The van der Waals surface area contributed by atoms with Gasteiger partial charge in [0.25, 0.3) is 11.8 Å². The third-order valence-corrected chi connectivity index (χ3v) is 3.06. The van der Waals surface area contributed by atoms with Gasteiger partial charge in [-0.2, -0.15) is 0 Å². The largest absolute Gasteiger partial charge is 0.465 e. The fourth-order valence-corrected chi connectivity index (χ4v) is 1.92. The third kappa shape index (κ3) is 5.65. The van der Waals surface area contributed by atoms with E-state index >= 15 is 0 Å². The van der Waals surface area contributed by atoms with Crippen molar-refractivity contribution in [2.24, 2.45) is 0 Å². The molecule has 2 N–H and O–H groups in total. The molecule has 0 saturated carbocycles. The fourth-order valence-electron chi connectivity index (χ4n) is 1.92. The zero-order valence-electron chi connectivity index (χ0n) is 13.7. The quantitative estimate of drug-likeness (QED) is 0.590. The van der Waals surface area contributed by atoms with E-state index in [4.69, 9.17) is 9.15 Å². The summed E-state index contributed by atoms with van der Waals surface area (Å²) >= 11 is 0. The molecule has 7 heteroatoms. The Morgan fingerprint density at radius 1 is 1.12 bits per heavy atom. The van der Waals surface area contributed by atoms with E-state index in [0.717, 1.165) is 0 Å². The van der Waals surface area contributed by atoms with Crippen molar-refractivity contribution in [3.8, 4) is 0 Å². The fraction of sp³-hybridized carbons (Fsp3) is 0.167. The SMILES string of the molecule is CCOC(=O)CNC(=O)/C(=C\c1ccco1)NC(=O)c1ccccc1. The lowest BCUT2D eigenvalue weighted by molar-refractivity contribution is -0.143. The average molecular weight is 342 g/mol. The van der Waals surface area contributed by atoms with Gasteiger partial charge in [-0.25, -0.2) is 0 Å². The molecule has 25 heavy (non-hydrogen) atoms. The second kappa shape index (κ2) is 9.07. The molecule has 2 rings (SSSR count). The Hall–Kier alpha value is -3.35. The number of hydrogen-bond donors (Lipinski definition) is 2. The normalized spacial score (nSPS) is 10.8. The van der Waals surface area contributed by atoms with E-state index in [1.165, 1.54) is 12.3 Å². The molecule has 0 aliphatic heterocycles. The topological polar surface area (TPSA) is 97.6 Å². The van der Waals surface area contributed by atoms with E-state index in [9.17, 15) is 14.4 Å². The number of hydrogen-bond acceptors (Lipinski definition) is 5. The van der Waals surface area contributed by atoms with Gasteiger partial charge in [0.05, 0.1) is 12.9 Å². The van der Waals surface area contributed by atoms with Crippen molar-refractivity contribution in [2.45, 2.75) is 6.92 Å². The highest BCUT2D eigenvalue weighted by Crippen LogP contribution is 2.07. The molecule has 0 fully saturated rings. The van der Waals surface area contributed by atoms with Crippen LogP contribution < -0.4 is 10.6 Å². The van der Waals surface area contributed by atoms with Crippen LogP contribution in [0.1, 0.15) is 23.0 Å². The van der Waals surface area contributed by atoms with Gasteiger partial charge in [-0.15, -0.1) is 0 Å². The highest BCUT2D eigenvalue weighted by Gasteiger charge is 2.16. The van der Waals surface area contributed by atoms with E-state index in [1.54, 1.807) is 49.4 Å². The van der Waals surface area contributed by atoms with Crippen LogP contribution in [0.3, 0.4) is 0 Å². The first-order valence-electron chi connectivity index (χ1n) is 7.65. The molecular weight excluding hydrogens is 324 g/mol. The Labute approximate surface area is 144 Å². The number of nitrogens with one attached hydrogen (secondary N) is 2. The minimum absolute atomic E-state index is 0.0481. The predicted molar refractivity (Wildman–Crippen MR) is 90.2 cm³/mol. The Kier molecular flexibility index (Phi) is 6.53. The van der Waals surface area contributed by atoms with Crippen molar-refractivity contribution in [3.63, 3.8) is 0 Å². The van der Waals surface area contributed by atoms with Crippen LogP contribution in [0, 0.1) is 0 Å². The number of furan rings is 1. The van der Waals surface area contributed by atoms with Crippen LogP contribution in [0.2, 0.25) is 0 Å². The summed E-state index contributed by atoms with van der Waals surface area (Å²) in [6.07, 6.45) is 2.82. The summed E-state index contributed by atoms with van der Waals surface area (Å²) in [4.78, 5) is 35.9. The molecule has 2 amide bonds. The van der Waals surface area contributed by atoms with E-state index in [-0.39, 0.29) is 18.8 Å². The molecule has 0 unspecified atom stereocenters. The van der Waals surface area contributed by atoms with Crippen molar-refractivity contribution in [1.82, 2.24) is 10.6 Å². The van der Waals surface area contributed by atoms with E-state index in [1.807, 2.05) is 0 Å². The van der Waals surface area contributed by atoms with E-state index in [2.05, 4.69) is 10.6 Å². The molecule has 0 saturated heterocycles. The van der Waals surface area contributed by atoms with Gasteiger partial charge in [-0.1, -0.05) is 18.2 Å². The lowest BCUT2D eigenvalue weighted by atomic mass is 10.2. The molecule has 2 aromatic rings. The number of carbonyl (C=O) groups excluding carboxylic acids is 3. The molecule has 130 valence electrons. The number of benzene rings is 1. The molecule has 0 atom stereocenters. The lowest BCUT2D eigenvalue weighted by Gasteiger charge is -2.10. The molecule has 1 heterocycles. The molecule has 1 aromatic heterocycles. The standard InChI is InChI=1S/C18H18N2O5/c1-2-24-16(21)12-19-18(23)15(11-14-9-6-10-25-14)20-17(22)13-7-4-3-5-8-13/h3-11H,2,12H2,1H3,(H,19,23)(H,20,22)/b15-11+. The van der Waals surface area contributed by atoms with Crippen LogP contribution in [-0.2, 0) is 14.3 Å². The first kappa shape index (κ1) is 18.0. The Balaban J connectivity index is 2.12. The van der Waals surface area contributed by atoms with Crippen molar-refractivity contribution in [1.29, 1.82) is 0 Å². The summed E-state index contributed by atoms with van der Waals surface area (Å²) in [7, 11) is 0. The van der Waals surface area contributed by atoms with Crippen LogP contribution >= 0.6 is 0 Å². The Morgan fingerprint density at radius 2 is 1.88 bits per heavy atom. The van der Waals surface area contributed by atoms with Gasteiger partial charge in [0.1, 0.15) is 18.0 Å². The summed E-state index contributed by atoms with van der Waals surface area (Å²) in [6, 6.07) is 11.7. The summed E-state index contributed by atoms with van der Waals surface area (Å²) in [5.74, 6) is -1.27. The minimum atomic E-state index is -0.631. The van der Waals surface area contributed by atoms with Crippen LogP contribution in [-0.4, -0.2) is 30.9 Å². The van der Waals surface area contributed by atoms with Gasteiger partial charge in [0, 0.05) is 11.6 Å². The smallest absolute Gasteiger partial charge is 0.325 e. The summed E-state index contributed by atoms with van der Waals surface area (Å²) < 4.78 is 9.92. The predicted octanol–water partition coefficient (Wildman–Crippen LogP) is 1.73. The Bertz CT molecular complexity index is 751. The minimum Gasteiger partial charge on any atom is -0.465 e. The van der Waals surface area contributed by atoms with Crippen LogP contribution in [0.25, 0.3) is 6.08 Å². The highest BCUT2D eigenvalue weighted by molar-refractivity contribution is 6.05. The van der Waals surface area contributed by atoms with Gasteiger partial charge in [-0.3, -0.25) is 14.4 Å². The maximum Gasteiger partial charge on any atom is 0.325 e. The zero-order valence-corrected chi connectivity index (χ0v) is 13.7. The van der Waals surface area contributed by atoms with Gasteiger partial charge in [0.15, 0.2) is 0 Å². The van der Waals surface area contributed by atoms with Gasteiger partial charge in [0.2, 0.25) is 0 Å². The number of carbonyl (C=O) groups is 3. The van der Waals surface area contributed by atoms with Crippen molar-refractivity contribution < 1.29 is 23.5 Å². The van der Waals surface area contributed by atoms with Crippen LogP contribution in [0.5, 0.6) is 0 Å². The number of esters is 1. The zero-order chi connectivity index (χ0) is 18.1. The van der Waals surface area contributed by atoms with Crippen molar-refractivity contribution in [2.75, 3.05) is 13.2 Å². The lowest BCUT2D eigenvalue weighted by Crippen LogP contribution is -2.37. The Morgan fingerprint density at radius 3 is 2.52 bits per heavy atom. The van der Waals surface area contributed by atoms with Gasteiger partial charge >= 0.3 is 5.97 Å². The maximum absolute atomic E-state index is 12.3.